The summed E-state index contributed by atoms with van der Waals surface area (Å²) in [6.07, 6.45) is -2.15. The van der Waals surface area contributed by atoms with E-state index in [2.05, 4.69) is 10.1 Å². The van der Waals surface area contributed by atoms with Gasteiger partial charge >= 0.3 is 12.1 Å². The monoisotopic (exact) mass is 336 g/mol. The van der Waals surface area contributed by atoms with Gasteiger partial charge in [0.2, 0.25) is 0 Å². The highest BCUT2D eigenvalue weighted by molar-refractivity contribution is 5.97. The smallest absolute Gasteiger partial charge is 0.413 e. The van der Waals surface area contributed by atoms with Gasteiger partial charge in [0, 0.05) is 5.56 Å². The molecule has 0 unspecified atom stereocenters. The molecule has 0 saturated heterocycles. The predicted molar refractivity (Wildman–Crippen MR) is 84.4 cm³/mol. The number of hydrogen-bond acceptors (Lipinski definition) is 6. The molecule has 3 amide bonds. The second kappa shape index (κ2) is 8.66. The Morgan fingerprint density at radius 3 is 2.38 bits per heavy atom. The number of imide groups is 1. The van der Waals surface area contributed by atoms with Gasteiger partial charge in [-0.05, 0) is 44.0 Å². The summed E-state index contributed by atoms with van der Waals surface area (Å²) in [5.74, 6) is -2.06. The number of carbonyl (C=O) groups is 4. The molecule has 0 aliphatic carbocycles. The molecule has 0 heterocycles. The Labute approximate surface area is 139 Å². The molecular weight excluding hydrogens is 316 g/mol. The predicted octanol–water partition coefficient (Wildman–Crippen LogP) is 0.848. The number of esters is 1. The highest BCUT2D eigenvalue weighted by Gasteiger charge is 2.20. The Morgan fingerprint density at radius 2 is 1.79 bits per heavy atom. The molecule has 2 N–H and O–H groups in total. The third-order valence-electron chi connectivity index (χ3n) is 3.25. The van der Waals surface area contributed by atoms with E-state index in [1.54, 1.807) is 12.1 Å². The third-order valence-corrected chi connectivity index (χ3v) is 3.25. The number of methoxy groups -OCH3 is 1. The summed E-state index contributed by atoms with van der Waals surface area (Å²) in [7, 11) is 1.10. The molecule has 8 nitrogen and oxygen atoms in total. The number of ether oxygens (including phenoxy) is 2. The first-order valence-electron chi connectivity index (χ1n) is 7.18. The van der Waals surface area contributed by atoms with E-state index < -0.39 is 36.5 Å². The van der Waals surface area contributed by atoms with Crippen LogP contribution in [0.15, 0.2) is 18.2 Å². The number of amides is 3. The number of carbonyl (C=O) groups excluding carboxylic acids is 4. The van der Waals surface area contributed by atoms with Crippen LogP contribution in [0, 0.1) is 13.8 Å². The van der Waals surface area contributed by atoms with Crippen molar-refractivity contribution in [3.63, 3.8) is 0 Å². The molecule has 1 aromatic carbocycles. The molecule has 1 atom stereocenters. The maximum Gasteiger partial charge on any atom is 0.413 e. The molecule has 0 fully saturated rings. The highest BCUT2D eigenvalue weighted by atomic mass is 16.6. The summed E-state index contributed by atoms with van der Waals surface area (Å²) >= 11 is 0. The number of nitrogens with one attached hydrogen (secondary N) is 2. The fourth-order valence-corrected chi connectivity index (χ4v) is 1.68. The number of aryl methyl sites for hydroxylation is 2. The van der Waals surface area contributed by atoms with Crippen LogP contribution >= 0.6 is 0 Å². The zero-order chi connectivity index (χ0) is 18.3. The lowest BCUT2D eigenvalue weighted by Crippen LogP contribution is -2.41. The Morgan fingerprint density at radius 1 is 1.12 bits per heavy atom. The molecule has 8 heteroatoms. The van der Waals surface area contributed by atoms with Gasteiger partial charge in [0.05, 0.1) is 7.11 Å². The van der Waals surface area contributed by atoms with Crippen LogP contribution in [0.1, 0.15) is 28.4 Å². The van der Waals surface area contributed by atoms with E-state index in [9.17, 15) is 19.2 Å². The average molecular weight is 336 g/mol. The molecule has 0 saturated carbocycles. The summed E-state index contributed by atoms with van der Waals surface area (Å²) < 4.78 is 9.07. The first-order chi connectivity index (χ1) is 11.2. The van der Waals surface area contributed by atoms with Crippen molar-refractivity contribution in [2.24, 2.45) is 0 Å². The Balaban J connectivity index is 2.47. The van der Waals surface area contributed by atoms with Crippen molar-refractivity contribution in [3.8, 4) is 0 Å². The van der Waals surface area contributed by atoms with Crippen LogP contribution in [0.2, 0.25) is 0 Å². The first-order valence-corrected chi connectivity index (χ1v) is 7.18. The zero-order valence-corrected chi connectivity index (χ0v) is 14.0. The third kappa shape index (κ3) is 5.71. The minimum absolute atomic E-state index is 0.401. The quantitative estimate of drug-likeness (QED) is 0.771. The van der Waals surface area contributed by atoms with E-state index in [1.165, 1.54) is 6.92 Å². The van der Waals surface area contributed by atoms with E-state index in [0.29, 0.717) is 5.56 Å². The largest absolute Gasteiger partial charge is 0.453 e. The van der Waals surface area contributed by atoms with Gasteiger partial charge in [-0.15, -0.1) is 0 Å². The first kappa shape index (κ1) is 19.1. The Bertz CT molecular complexity index is 656. The zero-order valence-electron chi connectivity index (χ0n) is 14.0. The van der Waals surface area contributed by atoms with Gasteiger partial charge in [0.1, 0.15) is 6.54 Å². The molecule has 0 bridgehead atoms. The summed E-state index contributed by atoms with van der Waals surface area (Å²) in [6.45, 7) is 4.69. The molecular formula is C16H20N2O6. The van der Waals surface area contributed by atoms with E-state index in [1.807, 2.05) is 25.2 Å². The number of alkyl carbamates (subject to hydrolysis) is 1. The van der Waals surface area contributed by atoms with Gasteiger partial charge in [0.25, 0.3) is 11.8 Å². The van der Waals surface area contributed by atoms with Crippen LogP contribution in [-0.4, -0.2) is 43.6 Å². The molecule has 0 spiro atoms. The second-order valence-electron chi connectivity index (χ2n) is 5.09. The maximum absolute atomic E-state index is 12.0. The van der Waals surface area contributed by atoms with Crippen molar-refractivity contribution in [2.45, 2.75) is 26.9 Å². The van der Waals surface area contributed by atoms with Gasteiger partial charge in [-0.2, -0.15) is 0 Å². The number of benzene rings is 1. The average Bonchev–Trinajstić information content (AvgIpc) is 2.54. The van der Waals surface area contributed by atoms with Crippen molar-refractivity contribution in [1.82, 2.24) is 10.6 Å². The van der Waals surface area contributed by atoms with E-state index in [0.717, 1.165) is 18.2 Å². The van der Waals surface area contributed by atoms with Crippen LogP contribution in [0.4, 0.5) is 4.79 Å². The van der Waals surface area contributed by atoms with Crippen molar-refractivity contribution < 1.29 is 28.7 Å². The van der Waals surface area contributed by atoms with Gasteiger partial charge in [-0.1, -0.05) is 6.07 Å². The van der Waals surface area contributed by atoms with E-state index in [-0.39, 0.29) is 0 Å². The van der Waals surface area contributed by atoms with Gasteiger partial charge in [-0.3, -0.25) is 19.7 Å². The van der Waals surface area contributed by atoms with Crippen LogP contribution in [0.25, 0.3) is 0 Å². The number of hydrogen-bond donors (Lipinski definition) is 2. The minimum atomic E-state index is -1.20. The Hall–Kier alpha value is -2.90. The fourth-order valence-electron chi connectivity index (χ4n) is 1.68. The lowest BCUT2D eigenvalue weighted by molar-refractivity contribution is -0.153. The lowest BCUT2D eigenvalue weighted by atomic mass is 10.1. The summed E-state index contributed by atoms with van der Waals surface area (Å²) in [6, 6.07) is 5.17. The van der Waals surface area contributed by atoms with Crippen molar-refractivity contribution >= 4 is 23.9 Å². The van der Waals surface area contributed by atoms with Crippen molar-refractivity contribution in [2.75, 3.05) is 13.7 Å². The molecule has 0 aliphatic rings. The van der Waals surface area contributed by atoms with E-state index >= 15 is 0 Å². The van der Waals surface area contributed by atoms with Crippen LogP contribution in [-0.2, 0) is 19.1 Å². The molecule has 24 heavy (non-hydrogen) atoms. The molecule has 1 aromatic rings. The molecule has 0 radical (unpaired) electrons. The summed E-state index contributed by atoms with van der Waals surface area (Å²) in [4.78, 5) is 46.0. The molecule has 0 aromatic heterocycles. The second-order valence-corrected chi connectivity index (χ2v) is 5.09. The molecule has 130 valence electrons. The van der Waals surface area contributed by atoms with Gasteiger partial charge in [-0.25, -0.2) is 4.79 Å². The lowest BCUT2D eigenvalue weighted by Gasteiger charge is -2.13. The van der Waals surface area contributed by atoms with Crippen LogP contribution in [0.3, 0.4) is 0 Å². The standard InChI is InChI=1S/C16H20N2O6/c1-9-5-6-12(7-10(9)2)15(21)17-8-13(19)24-11(3)14(20)18-16(22)23-4/h5-7,11H,8H2,1-4H3,(H,17,21)(H,18,20,22)/t11-/m1/s1. The van der Waals surface area contributed by atoms with Gasteiger partial charge < -0.3 is 14.8 Å². The maximum atomic E-state index is 12.0. The SMILES string of the molecule is COC(=O)NC(=O)[C@@H](C)OC(=O)CNC(=O)c1ccc(C)c(C)c1. The van der Waals surface area contributed by atoms with Crippen molar-refractivity contribution in [3.05, 3.63) is 34.9 Å². The summed E-state index contributed by atoms with van der Waals surface area (Å²) in [5.41, 5.74) is 2.43. The van der Waals surface area contributed by atoms with Crippen LogP contribution in [0.5, 0.6) is 0 Å². The fraction of sp³-hybridized carbons (Fsp3) is 0.375. The topological polar surface area (TPSA) is 111 Å². The van der Waals surface area contributed by atoms with Crippen LogP contribution < -0.4 is 10.6 Å². The van der Waals surface area contributed by atoms with Crippen molar-refractivity contribution in [1.29, 1.82) is 0 Å². The van der Waals surface area contributed by atoms with Gasteiger partial charge in [0.15, 0.2) is 6.10 Å². The van der Waals surface area contributed by atoms with E-state index in [4.69, 9.17) is 4.74 Å². The normalized spacial score (nSPS) is 11.2. The number of rotatable bonds is 5. The Kier molecular flexibility index (Phi) is 6.91. The highest BCUT2D eigenvalue weighted by Crippen LogP contribution is 2.09. The molecule has 1 rings (SSSR count). The summed E-state index contributed by atoms with van der Waals surface area (Å²) in [5, 5.41) is 4.28. The minimum Gasteiger partial charge on any atom is -0.453 e. The molecule has 0 aliphatic heterocycles.